The predicted octanol–water partition coefficient (Wildman–Crippen LogP) is 3.55. The van der Waals surface area contributed by atoms with Crippen molar-refractivity contribution in [1.82, 2.24) is 0 Å². The minimum atomic E-state index is -0.943. The molecule has 0 radical (unpaired) electrons. The van der Waals surface area contributed by atoms with Crippen LogP contribution in [0.3, 0.4) is 0 Å². The molecular formula is C20H26O4. The fourth-order valence-corrected chi connectivity index (χ4v) is 3.37. The van der Waals surface area contributed by atoms with E-state index in [1.807, 2.05) is 24.3 Å². The highest BCUT2D eigenvalue weighted by Gasteiger charge is 2.48. The Labute approximate surface area is 143 Å². The van der Waals surface area contributed by atoms with Crippen molar-refractivity contribution in [3.05, 3.63) is 29.8 Å². The number of aryl methyl sites for hydroxylation is 1. The molecule has 0 saturated heterocycles. The van der Waals surface area contributed by atoms with Crippen molar-refractivity contribution in [2.45, 2.75) is 52.4 Å². The Morgan fingerprint density at radius 3 is 2.67 bits per heavy atom. The summed E-state index contributed by atoms with van der Waals surface area (Å²) in [6.07, 6.45) is 3.03. The Morgan fingerprint density at radius 1 is 1.29 bits per heavy atom. The van der Waals surface area contributed by atoms with E-state index >= 15 is 0 Å². The molecule has 0 N–H and O–H groups in total. The number of ether oxygens (including phenoxy) is 1. The number of carbonyl (C=O) groups is 3. The van der Waals surface area contributed by atoms with Crippen molar-refractivity contribution in [3.63, 3.8) is 0 Å². The van der Waals surface area contributed by atoms with E-state index in [9.17, 15) is 14.4 Å². The van der Waals surface area contributed by atoms with Crippen LogP contribution in [0.25, 0.3) is 0 Å². The summed E-state index contributed by atoms with van der Waals surface area (Å²) in [6.45, 7) is 3.49. The lowest BCUT2D eigenvalue weighted by Crippen LogP contribution is -2.31. The minimum absolute atomic E-state index is 0.00307. The van der Waals surface area contributed by atoms with E-state index in [0.717, 1.165) is 24.2 Å². The molecule has 0 amide bonds. The number of carbonyl (C=O) groups excluding carboxylic acids is 3. The summed E-state index contributed by atoms with van der Waals surface area (Å²) in [4.78, 5) is 36.3. The highest BCUT2D eigenvalue weighted by Crippen LogP contribution is 2.38. The number of ketones is 3. The normalized spacial score (nSPS) is 23.5. The zero-order valence-electron chi connectivity index (χ0n) is 14.8. The molecule has 0 aliphatic heterocycles. The summed E-state index contributed by atoms with van der Waals surface area (Å²) in [5.41, 5.74) is 0.200. The summed E-state index contributed by atoms with van der Waals surface area (Å²) < 4.78 is 5.19. The Kier molecular flexibility index (Phi) is 5.92. The molecular weight excluding hydrogens is 304 g/mol. The third-order valence-corrected chi connectivity index (χ3v) is 5.06. The lowest BCUT2D eigenvalue weighted by atomic mass is 9.80. The first-order valence-corrected chi connectivity index (χ1v) is 8.59. The quantitative estimate of drug-likeness (QED) is 0.684. The number of hydrogen-bond acceptors (Lipinski definition) is 4. The molecule has 1 saturated carbocycles. The topological polar surface area (TPSA) is 60.4 Å². The molecule has 1 fully saturated rings. The van der Waals surface area contributed by atoms with Crippen LogP contribution in [0.5, 0.6) is 5.75 Å². The van der Waals surface area contributed by atoms with Crippen molar-refractivity contribution in [1.29, 1.82) is 0 Å². The number of rotatable bonds is 8. The summed E-state index contributed by atoms with van der Waals surface area (Å²) in [6, 6.07) is 7.83. The van der Waals surface area contributed by atoms with Crippen LogP contribution in [0, 0.1) is 11.3 Å². The first-order chi connectivity index (χ1) is 11.4. The summed E-state index contributed by atoms with van der Waals surface area (Å²) >= 11 is 0. The molecule has 0 unspecified atom stereocenters. The third-order valence-electron chi connectivity index (χ3n) is 5.06. The van der Waals surface area contributed by atoms with Gasteiger partial charge >= 0.3 is 0 Å². The second-order valence-corrected chi connectivity index (χ2v) is 6.97. The molecule has 1 aromatic rings. The highest BCUT2D eigenvalue weighted by molar-refractivity contribution is 6.13. The number of hydrogen-bond donors (Lipinski definition) is 0. The van der Waals surface area contributed by atoms with Gasteiger partial charge in [-0.3, -0.25) is 14.4 Å². The average Bonchev–Trinajstić information content (AvgIpc) is 2.77. The van der Waals surface area contributed by atoms with E-state index in [4.69, 9.17) is 4.74 Å². The van der Waals surface area contributed by atoms with Crippen molar-refractivity contribution >= 4 is 17.3 Å². The number of methoxy groups -OCH3 is 1. The van der Waals surface area contributed by atoms with Gasteiger partial charge in [-0.15, -0.1) is 0 Å². The Bertz CT molecular complexity index is 634. The van der Waals surface area contributed by atoms with Crippen LogP contribution in [0.15, 0.2) is 24.3 Å². The molecule has 0 aromatic heterocycles. The van der Waals surface area contributed by atoms with Gasteiger partial charge in [0.15, 0.2) is 0 Å². The van der Waals surface area contributed by atoms with Gasteiger partial charge in [0, 0.05) is 25.2 Å². The van der Waals surface area contributed by atoms with Gasteiger partial charge in [-0.05, 0) is 43.9 Å². The lowest BCUT2D eigenvalue weighted by Gasteiger charge is -2.20. The van der Waals surface area contributed by atoms with E-state index in [1.165, 1.54) is 0 Å². The maximum Gasteiger partial charge on any atom is 0.149 e. The van der Waals surface area contributed by atoms with Crippen molar-refractivity contribution in [3.8, 4) is 5.75 Å². The van der Waals surface area contributed by atoms with Gasteiger partial charge < -0.3 is 4.74 Å². The molecule has 2 atom stereocenters. The summed E-state index contributed by atoms with van der Waals surface area (Å²) in [5.74, 6) is 0.727. The molecule has 24 heavy (non-hydrogen) atoms. The van der Waals surface area contributed by atoms with Crippen LogP contribution in [0.1, 0.15) is 51.5 Å². The van der Waals surface area contributed by atoms with Crippen LogP contribution in [-0.2, 0) is 20.8 Å². The van der Waals surface area contributed by atoms with Gasteiger partial charge in [0.05, 0.1) is 12.5 Å². The fourth-order valence-electron chi connectivity index (χ4n) is 3.37. The van der Waals surface area contributed by atoms with E-state index in [2.05, 4.69) is 0 Å². The second kappa shape index (κ2) is 7.73. The first kappa shape index (κ1) is 18.4. The third kappa shape index (κ3) is 4.11. The van der Waals surface area contributed by atoms with E-state index in [0.29, 0.717) is 25.7 Å². The summed E-state index contributed by atoms with van der Waals surface area (Å²) in [5, 5.41) is 0. The monoisotopic (exact) mass is 330 g/mol. The van der Waals surface area contributed by atoms with E-state index < -0.39 is 5.41 Å². The van der Waals surface area contributed by atoms with Crippen LogP contribution in [0.4, 0.5) is 0 Å². The Morgan fingerprint density at radius 2 is 2.04 bits per heavy atom. The maximum absolute atomic E-state index is 12.2. The Balaban J connectivity index is 1.77. The molecule has 1 aromatic carbocycles. The van der Waals surface area contributed by atoms with Crippen LogP contribution in [0.2, 0.25) is 0 Å². The first-order valence-electron chi connectivity index (χ1n) is 8.59. The standard InChI is InChI=1S/C20H26O4/c1-14-12-18(22)20(2,19(14)23)11-10-16(21)8-4-6-15-7-5-9-17(13-15)24-3/h5,7,9,13-14H,4,6,8,10-12H2,1-3H3/t14-,20-/m0/s1. The molecule has 0 bridgehead atoms. The van der Waals surface area contributed by atoms with Gasteiger partial charge in [0.25, 0.3) is 0 Å². The van der Waals surface area contributed by atoms with E-state index in [-0.39, 0.29) is 23.3 Å². The molecule has 0 heterocycles. The molecule has 0 spiro atoms. The fraction of sp³-hybridized carbons (Fsp3) is 0.550. The van der Waals surface area contributed by atoms with Crippen LogP contribution < -0.4 is 4.74 Å². The lowest BCUT2D eigenvalue weighted by molar-refractivity contribution is -0.135. The predicted molar refractivity (Wildman–Crippen MR) is 92.1 cm³/mol. The molecule has 1 aliphatic carbocycles. The summed E-state index contributed by atoms with van der Waals surface area (Å²) in [7, 11) is 1.63. The van der Waals surface area contributed by atoms with Gasteiger partial charge in [-0.25, -0.2) is 0 Å². The van der Waals surface area contributed by atoms with Crippen LogP contribution >= 0.6 is 0 Å². The number of benzene rings is 1. The van der Waals surface area contributed by atoms with Gasteiger partial charge in [0.1, 0.15) is 23.1 Å². The van der Waals surface area contributed by atoms with Gasteiger partial charge in [-0.2, -0.15) is 0 Å². The maximum atomic E-state index is 12.2. The van der Waals surface area contributed by atoms with Gasteiger partial charge in [0.2, 0.25) is 0 Å². The highest BCUT2D eigenvalue weighted by atomic mass is 16.5. The molecule has 130 valence electrons. The number of Topliss-reactive ketones (excluding diaryl/α,β-unsaturated/α-hetero) is 3. The molecule has 2 rings (SSSR count). The smallest absolute Gasteiger partial charge is 0.149 e. The van der Waals surface area contributed by atoms with Crippen molar-refractivity contribution in [2.24, 2.45) is 11.3 Å². The van der Waals surface area contributed by atoms with Crippen molar-refractivity contribution in [2.75, 3.05) is 7.11 Å². The second-order valence-electron chi connectivity index (χ2n) is 6.97. The average molecular weight is 330 g/mol. The zero-order chi connectivity index (χ0) is 17.7. The van der Waals surface area contributed by atoms with E-state index in [1.54, 1.807) is 21.0 Å². The van der Waals surface area contributed by atoms with Crippen LogP contribution in [-0.4, -0.2) is 24.5 Å². The zero-order valence-corrected chi connectivity index (χ0v) is 14.8. The van der Waals surface area contributed by atoms with Gasteiger partial charge in [-0.1, -0.05) is 19.1 Å². The van der Waals surface area contributed by atoms with Crippen molar-refractivity contribution < 1.29 is 19.1 Å². The largest absolute Gasteiger partial charge is 0.497 e. The Hall–Kier alpha value is -1.97. The molecule has 4 nitrogen and oxygen atoms in total. The molecule has 4 heteroatoms. The SMILES string of the molecule is COc1cccc(CCCC(=O)CC[C@@]2(C)C(=O)C[C@H](C)C2=O)c1. The minimum Gasteiger partial charge on any atom is -0.497 e. The molecule has 1 aliphatic rings.